The first kappa shape index (κ1) is 34.9. The second-order valence-electron chi connectivity index (χ2n) is 22.3. The first-order chi connectivity index (χ1) is 29.1. The minimum atomic E-state index is 0.102. The molecule has 2 nitrogen and oxygen atoms in total. The van der Waals surface area contributed by atoms with Crippen LogP contribution in [0.5, 0.6) is 0 Å². The number of nitrogens with zero attached hydrogens (tertiary/aromatic N) is 2. The molecule has 4 aliphatic carbocycles. The normalized spacial score (nSPS) is 30.2. The summed E-state index contributed by atoms with van der Waals surface area (Å²) in [5, 5.41) is 8.40. The Kier molecular flexibility index (Phi) is 6.85. The van der Waals surface area contributed by atoms with Crippen molar-refractivity contribution in [3.05, 3.63) is 114 Å². The van der Waals surface area contributed by atoms with Gasteiger partial charge >= 0.3 is 6.85 Å². The molecule has 4 unspecified atom stereocenters. The van der Waals surface area contributed by atoms with Gasteiger partial charge in [-0.05, 0) is 186 Å². The molecular formula is C57H57BN2. The summed E-state index contributed by atoms with van der Waals surface area (Å²) in [6.07, 6.45) is 13.7. The highest BCUT2D eigenvalue weighted by Gasteiger charge is 2.49. The molecule has 3 heteroatoms. The van der Waals surface area contributed by atoms with Crippen LogP contribution in [0.4, 0.5) is 0 Å². The van der Waals surface area contributed by atoms with Crippen molar-refractivity contribution < 1.29 is 0 Å². The van der Waals surface area contributed by atoms with Gasteiger partial charge < -0.3 is 9.05 Å². The maximum Gasteiger partial charge on any atom is 0.333 e. The third kappa shape index (κ3) is 4.47. The van der Waals surface area contributed by atoms with E-state index in [2.05, 4.69) is 141 Å². The molecule has 0 N–H and O–H groups in total. The number of hydrogen-bond donors (Lipinski definition) is 0. The molecule has 0 radical (unpaired) electrons. The first-order valence-electron chi connectivity index (χ1n) is 23.9. The van der Waals surface area contributed by atoms with Gasteiger partial charge in [-0.1, -0.05) is 94.4 Å². The molecular weight excluding hydrogens is 723 g/mol. The maximum atomic E-state index is 2.85. The van der Waals surface area contributed by atoms with E-state index in [1.807, 2.05) is 0 Å². The summed E-state index contributed by atoms with van der Waals surface area (Å²) in [6.45, 7) is 12.7. The van der Waals surface area contributed by atoms with Gasteiger partial charge in [-0.15, -0.1) is 0 Å². The SMILES string of the molecule is Cc1cc2c3c(c1)-n1c4c(cccc4c4ccc5ccccc5c41)B3n1c3ccc(C45CC(C)CC(CC(C)C4)C5)cc3c3cc(C45CC(C)CC(CC(C)C4)C5)cc-2c31. The first-order valence-corrected chi connectivity index (χ1v) is 23.9. The zero-order valence-corrected chi connectivity index (χ0v) is 36.2. The van der Waals surface area contributed by atoms with Gasteiger partial charge in [0.25, 0.3) is 0 Å². The maximum absolute atomic E-state index is 2.85. The highest BCUT2D eigenvalue weighted by Crippen LogP contribution is 2.58. The fourth-order valence-electron chi connectivity index (χ4n) is 16.6. The van der Waals surface area contributed by atoms with Crippen LogP contribution in [0, 0.1) is 42.4 Å². The number of aryl methyl sites for hydroxylation is 1. The molecule has 298 valence electrons. The number of rotatable bonds is 2. The highest BCUT2D eigenvalue weighted by molar-refractivity contribution is 6.90. The van der Waals surface area contributed by atoms with Crippen molar-refractivity contribution >= 4 is 72.2 Å². The fourth-order valence-corrected chi connectivity index (χ4v) is 16.6. The van der Waals surface area contributed by atoms with Gasteiger partial charge in [0.15, 0.2) is 0 Å². The Morgan fingerprint density at radius 2 is 1.17 bits per heavy atom. The van der Waals surface area contributed by atoms with E-state index in [0.29, 0.717) is 5.41 Å². The lowest BCUT2D eigenvalue weighted by molar-refractivity contribution is 0.0779. The van der Waals surface area contributed by atoms with Gasteiger partial charge in [-0.2, -0.15) is 0 Å². The van der Waals surface area contributed by atoms with Crippen LogP contribution >= 0.6 is 0 Å². The smallest absolute Gasteiger partial charge is 0.333 e. The van der Waals surface area contributed by atoms with Crippen molar-refractivity contribution in [2.75, 3.05) is 0 Å². The molecule has 2 aromatic heterocycles. The Bertz CT molecular complexity index is 3150. The molecule has 4 saturated carbocycles. The predicted octanol–water partition coefficient (Wildman–Crippen LogP) is 13.5. The minimum Gasteiger partial charge on any atom is -0.375 e. The van der Waals surface area contributed by atoms with E-state index >= 15 is 0 Å². The highest BCUT2D eigenvalue weighted by atomic mass is 15.0. The van der Waals surface area contributed by atoms with E-state index in [-0.39, 0.29) is 12.3 Å². The third-order valence-corrected chi connectivity index (χ3v) is 17.7. The van der Waals surface area contributed by atoms with Crippen LogP contribution < -0.4 is 10.9 Å². The van der Waals surface area contributed by atoms with Crippen LogP contribution in [0.25, 0.3) is 71.2 Å². The summed E-state index contributed by atoms with van der Waals surface area (Å²) in [5.74, 6) is 4.85. The molecule has 0 saturated heterocycles. The summed E-state index contributed by atoms with van der Waals surface area (Å²) in [4.78, 5) is 0. The van der Waals surface area contributed by atoms with Crippen molar-refractivity contribution in [3.8, 4) is 16.8 Å². The van der Waals surface area contributed by atoms with E-state index in [1.54, 1.807) is 11.1 Å². The Hall–Kier alpha value is -4.76. The van der Waals surface area contributed by atoms with Crippen molar-refractivity contribution in [1.29, 1.82) is 0 Å². The summed E-state index contributed by atoms with van der Waals surface area (Å²) in [7, 11) is 0. The lowest BCUT2D eigenvalue weighted by Crippen LogP contribution is -2.55. The Balaban J connectivity index is 1.12. The molecule has 6 aliphatic rings. The van der Waals surface area contributed by atoms with Crippen LogP contribution in [0.15, 0.2) is 97.1 Å². The molecule has 0 amide bonds. The minimum absolute atomic E-state index is 0.102. The molecule has 4 fully saturated rings. The van der Waals surface area contributed by atoms with Crippen LogP contribution in [0.1, 0.15) is 109 Å². The molecule has 2 aliphatic heterocycles. The van der Waals surface area contributed by atoms with Gasteiger partial charge in [-0.25, -0.2) is 0 Å². The predicted molar refractivity (Wildman–Crippen MR) is 255 cm³/mol. The molecule has 4 heterocycles. The monoisotopic (exact) mass is 780 g/mol. The van der Waals surface area contributed by atoms with E-state index in [4.69, 9.17) is 0 Å². The van der Waals surface area contributed by atoms with Crippen LogP contribution in [-0.2, 0) is 10.8 Å². The summed E-state index contributed by atoms with van der Waals surface area (Å²) < 4.78 is 5.54. The van der Waals surface area contributed by atoms with Crippen LogP contribution in [0.3, 0.4) is 0 Å². The number of aromatic nitrogens is 2. The zero-order valence-electron chi connectivity index (χ0n) is 36.2. The van der Waals surface area contributed by atoms with Gasteiger partial charge in [0, 0.05) is 49.2 Å². The Labute approximate surface area is 355 Å². The zero-order chi connectivity index (χ0) is 40.0. The average molecular weight is 781 g/mol. The van der Waals surface area contributed by atoms with E-state index in [0.717, 1.165) is 35.5 Å². The molecule has 6 aromatic carbocycles. The van der Waals surface area contributed by atoms with Gasteiger partial charge in [-0.3, -0.25) is 0 Å². The topological polar surface area (TPSA) is 9.86 Å². The van der Waals surface area contributed by atoms with E-state index in [9.17, 15) is 0 Å². The molecule has 14 rings (SSSR count). The summed E-state index contributed by atoms with van der Waals surface area (Å²) in [6, 6.07) is 39.6. The molecule has 8 aromatic rings. The van der Waals surface area contributed by atoms with Crippen molar-refractivity contribution in [2.24, 2.45) is 35.5 Å². The lowest BCUT2D eigenvalue weighted by atomic mass is 9.45. The van der Waals surface area contributed by atoms with Crippen LogP contribution in [-0.4, -0.2) is 15.9 Å². The molecule has 4 bridgehead atoms. The summed E-state index contributed by atoms with van der Waals surface area (Å²) >= 11 is 0. The van der Waals surface area contributed by atoms with Gasteiger partial charge in [0.1, 0.15) is 0 Å². The summed E-state index contributed by atoms with van der Waals surface area (Å²) in [5.41, 5.74) is 18.0. The van der Waals surface area contributed by atoms with Crippen molar-refractivity contribution in [1.82, 2.24) is 9.05 Å². The van der Waals surface area contributed by atoms with Crippen molar-refractivity contribution in [2.45, 2.75) is 110 Å². The second kappa shape index (κ2) is 11.8. The third-order valence-electron chi connectivity index (χ3n) is 17.7. The number of benzene rings is 6. The largest absolute Gasteiger partial charge is 0.375 e. The number of fused-ring (bicyclic) bond motifs is 16. The molecule has 4 atom stereocenters. The Morgan fingerprint density at radius 1 is 0.517 bits per heavy atom. The standard InChI is InChI=1S/C57H57BN2/c1-32-21-46-48-25-41(57-28-35(4)19-38(31-57)20-36(5)29-57)24-47-45-23-40(56-26-33(2)17-37(30-56)18-34(3)27-56)14-16-50(45)60(54(47)48)58-49-12-8-11-43-44-15-13-39-9-6-7-10-42(39)53(44)59(55(43)49)51(22-32)52(46)58/h6-16,21-25,33-38H,17-20,26-31H2,1-5H3. The average Bonchev–Trinajstić information content (AvgIpc) is 3.73. The number of hydrogen-bond acceptors (Lipinski definition) is 0. The Morgan fingerprint density at radius 3 is 1.90 bits per heavy atom. The second-order valence-corrected chi connectivity index (χ2v) is 22.3. The number of para-hydroxylation sites is 1. The lowest BCUT2D eigenvalue weighted by Gasteiger charge is -2.50. The molecule has 0 spiro atoms. The van der Waals surface area contributed by atoms with E-state index in [1.165, 1.54) is 152 Å². The van der Waals surface area contributed by atoms with E-state index < -0.39 is 0 Å². The van der Waals surface area contributed by atoms with Gasteiger partial charge in [0.2, 0.25) is 0 Å². The molecule has 60 heavy (non-hydrogen) atoms. The fraction of sp³-hybridized carbons (Fsp3) is 0.404. The van der Waals surface area contributed by atoms with Crippen molar-refractivity contribution in [3.63, 3.8) is 0 Å². The van der Waals surface area contributed by atoms with Gasteiger partial charge in [0.05, 0.1) is 11.0 Å². The van der Waals surface area contributed by atoms with Crippen LogP contribution in [0.2, 0.25) is 0 Å². The quantitative estimate of drug-likeness (QED) is 0.155.